The van der Waals surface area contributed by atoms with Crippen LogP contribution >= 0.6 is 0 Å². The van der Waals surface area contributed by atoms with E-state index in [9.17, 15) is 5.11 Å². The van der Waals surface area contributed by atoms with Gasteiger partial charge in [0.15, 0.2) is 0 Å². The predicted octanol–water partition coefficient (Wildman–Crippen LogP) is 2.06. The Morgan fingerprint density at radius 1 is 1.23 bits per heavy atom. The number of aliphatic hydroxyl groups is 1. The van der Waals surface area contributed by atoms with Crippen molar-refractivity contribution in [3.63, 3.8) is 0 Å². The van der Waals surface area contributed by atoms with E-state index in [1.807, 2.05) is 42.5 Å². The van der Waals surface area contributed by atoms with Crippen molar-refractivity contribution in [1.82, 2.24) is 9.99 Å². The maximum Gasteiger partial charge on any atom is 0.148 e. The second kappa shape index (κ2) is 6.58. The zero-order valence-electron chi connectivity index (χ0n) is 12.5. The number of ether oxygens (including phenoxy) is 1. The fraction of sp³-hybridized carbons (Fsp3) is 0.294. The molecule has 1 atom stereocenters. The molecule has 0 spiro atoms. The summed E-state index contributed by atoms with van der Waals surface area (Å²) in [6, 6.07) is 13.6. The van der Waals surface area contributed by atoms with Crippen molar-refractivity contribution in [2.24, 2.45) is 5.10 Å². The second-order valence-electron chi connectivity index (χ2n) is 5.19. The summed E-state index contributed by atoms with van der Waals surface area (Å²) in [6.07, 6.45) is 2.51. The molecule has 1 aliphatic heterocycles. The molecule has 0 saturated heterocycles. The molecule has 0 amide bonds. The van der Waals surface area contributed by atoms with Gasteiger partial charge in [-0.3, -0.25) is 9.99 Å². The third-order valence-electron chi connectivity index (χ3n) is 3.72. The highest BCUT2D eigenvalue weighted by molar-refractivity contribution is 6.01. The first-order chi connectivity index (χ1) is 10.8. The lowest BCUT2D eigenvalue weighted by atomic mass is 10.1. The molecule has 5 nitrogen and oxygen atoms in total. The largest absolute Gasteiger partial charge is 0.497 e. The van der Waals surface area contributed by atoms with Crippen LogP contribution in [0.4, 0.5) is 0 Å². The van der Waals surface area contributed by atoms with Crippen LogP contribution < -0.4 is 4.74 Å². The molecular formula is C17H19N3O2. The lowest BCUT2D eigenvalue weighted by Gasteiger charge is -2.18. The van der Waals surface area contributed by atoms with Gasteiger partial charge in [0, 0.05) is 31.3 Å². The number of rotatable bonds is 5. The van der Waals surface area contributed by atoms with Gasteiger partial charge in [-0.2, -0.15) is 5.10 Å². The predicted molar refractivity (Wildman–Crippen MR) is 84.8 cm³/mol. The number of hydrogen-bond donors (Lipinski definition) is 1. The Kier molecular flexibility index (Phi) is 4.34. The molecule has 114 valence electrons. The molecule has 1 aromatic heterocycles. The van der Waals surface area contributed by atoms with Gasteiger partial charge in [-0.25, -0.2) is 0 Å². The van der Waals surface area contributed by atoms with Crippen LogP contribution in [0.3, 0.4) is 0 Å². The van der Waals surface area contributed by atoms with Crippen LogP contribution in [0.2, 0.25) is 0 Å². The van der Waals surface area contributed by atoms with Gasteiger partial charge in [0.05, 0.1) is 12.8 Å². The number of benzene rings is 1. The molecule has 0 saturated carbocycles. The monoisotopic (exact) mass is 297 g/mol. The molecule has 1 aliphatic rings. The fourth-order valence-electron chi connectivity index (χ4n) is 2.47. The van der Waals surface area contributed by atoms with Crippen molar-refractivity contribution in [3.05, 3.63) is 59.9 Å². The molecular weight excluding hydrogens is 278 g/mol. The van der Waals surface area contributed by atoms with Crippen molar-refractivity contribution in [3.8, 4) is 5.75 Å². The number of hydrogen-bond acceptors (Lipinski definition) is 5. The van der Waals surface area contributed by atoms with E-state index in [-0.39, 0.29) is 0 Å². The maximum atomic E-state index is 10.2. The summed E-state index contributed by atoms with van der Waals surface area (Å²) in [6.45, 7) is 0.651. The first kappa shape index (κ1) is 14.5. The first-order valence-electron chi connectivity index (χ1n) is 7.33. The van der Waals surface area contributed by atoms with Crippen LogP contribution in [0, 0.1) is 0 Å². The van der Waals surface area contributed by atoms with Crippen LogP contribution in [-0.4, -0.2) is 40.7 Å². The van der Waals surface area contributed by atoms with Crippen molar-refractivity contribution >= 4 is 5.71 Å². The summed E-state index contributed by atoms with van der Waals surface area (Å²) in [5.74, 6) is 0.815. The van der Waals surface area contributed by atoms with Gasteiger partial charge in [0.25, 0.3) is 0 Å². The van der Waals surface area contributed by atoms with Crippen LogP contribution in [0.25, 0.3) is 0 Å². The zero-order chi connectivity index (χ0) is 15.4. The molecule has 5 heteroatoms. The molecule has 3 rings (SSSR count). The summed E-state index contributed by atoms with van der Waals surface area (Å²) >= 11 is 0. The van der Waals surface area contributed by atoms with Crippen molar-refractivity contribution < 1.29 is 9.84 Å². The highest BCUT2D eigenvalue weighted by Gasteiger charge is 2.24. The Morgan fingerprint density at radius 3 is 2.73 bits per heavy atom. The van der Waals surface area contributed by atoms with Gasteiger partial charge in [-0.05, 0) is 42.0 Å². The van der Waals surface area contributed by atoms with Crippen molar-refractivity contribution in [2.45, 2.75) is 19.1 Å². The minimum absolute atomic E-state index is 0.536. The Labute approximate surface area is 129 Å². The highest BCUT2D eigenvalue weighted by Crippen LogP contribution is 2.20. The topological polar surface area (TPSA) is 58.0 Å². The summed E-state index contributed by atoms with van der Waals surface area (Å²) in [5, 5.41) is 16.4. The normalized spacial score (nSPS) is 17.5. The number of aliphatic hydroxyl groups excluding tert-OH is 1. The second-order valence-corrected chi connectivity index (χ2v) is 5.19. The number of aromatic nitrogens is 1. The standard InChI is InChI=1S/C17H19N3O2/c1-22-15-7-5-13(6-8-15)16-12-17(21)20(19-16)11-9-14-4-2-3-10-18-14/h2-8,10,17,21H,9,11-12H2,1H3. The van der Waals surface area contributed by atoms with Gasteiger partial charge in [-0.15, -0.1) is 0 Å². The zero-order valence-corrected chi connectivity index (χ0v) is 12.5. The molecule has 2 heterocycles. The minimum atomic E-state index is -0.569. The maximum absolute atomic E-state index is 10.2. The third kappa shape index (κ3) is 3.26. The van der Waals surface area contributed by atoms with Gasteiger partial charge in [0.2, 0.25) is 0 Å². The Morgan fingerprint density at radius 2 is 2.05 bits per heavy atom. The van der Waals surface area contributed by atoms with Crippen LogP contribution in [0.1, 0.15) is 17.7 Å². The molecule has 2 aromatic rings. The average molecular weight is 297 g/mol. The Balaban J connectivity index is 1.66. The van der Waals surface area contributed by atoms with E-state index >= 15 is 0 Å². The first-order valence-corrected chi connectivity index (χ1v) is 7.33. The minimum Gasteiger partial charge on any atom is -0.497 e. The molecule has 22 heavy (non-hydrogen) atoms. The smallest absolute Gasteiger partial charge is 0.148 e. The quantitative estimate of drug-likeness (QED) is 0.918. The van der Waals surface area contributed by atoms with E-state index < -0.39 is 6.23 Å². The molecule has 0 radical (unpaired) electrons. The Hall–Kier alpha value is -2.40. The van der Waals surface area contributed by atoms with Crippen molar-refractivity contribution in [2.75, 3.05) is 13.7 Å². The van der Waals surface area contributed by atoms with Crippen LogP contribution in [-0.2, 0) is 6.42 Å². The van der Waals surface area contributed by atoms with E-state index in [0.29, 0.717) is 13.0 Å². The van der Waals surface area contributed by atoms with E-state index in [0.717, 1.165) is 29.1 Å². The van der Waals surface area contributed by atoms with Gasteiger partial charge < -0.3 is 9.84 Å². The van der Waals surface area contributed by atoms with Gasteiger partial charge in [0.1, 0.15) is 12.0 Å². The summed E-state index contributed by atoms with van der Waals surface area (Å²) in [7, 11) is 1.64. The Bertz CT molecular complexity index is 641. The summed E-state index contributed by atoms with van der Waals surface area (Å²) < 4.78 is 5.16. The number of pyridine rings is 1. The summed E-state index contributed by atoms with van der Waals surface area (Å²) in [4.78, 5) is 4.29. The average Bonchev–Trinajstić information content (AvgIpc) is 2.95. The third-order valence-corrected chi connectivity index (χ3v) is 3.72. The van der Waals surface area contributed by atoms with Gasteiger partial charge in [-0.1, -0.05) is 6.07 Å². The van der Waals surface area contributed by atoms with E-state index in [1.165, 1.54) is 0 Å². The molecule has 1 unspecified atom stereocenters. The molecule has 0 bridgehead atoms. The number of methoxy groups -OCH3 is 1. The molecule has 0 aliphatic carbocycles. The lowest BCUT2D eigenvalue weighted by Crippen LogP contribution is -2.28. The van der Waals surface area contributed by atoms with E-state index in [1.54, 1.807) is 18.3 Å². The SMILES string of the molecule is COc1ccc(C2=NN(CCc3ccccn3)C(O)C2)cc1. The molecule has 1 N–H and O–H groups in total. The number of hydrazone groups is 1. The highest BCUT2D eigenvalue weighted by atomic mass is 16.5. The fourth-order valence-corrected chi connectivity index (χ4v) is 2.47. The number of nitrogens with zero attached hydrogens (tertiary/aromatic N) is 3. The van der Waals surface area contributed by atoms with E-state index in [2.05, 4.69) is 10.1 Å². The van der Waals surface area contributed by atoms with Gasteiger partial charge >= 0.3 is 0 Å². The molecule has 1 aromatic carbocycles. The van der Waals surface area contributed by atoms with E-state index in [4.69, 9.17) is 4.74 Å². The molecule has 0 fully saturated rings. The lowest BCUT2D eigenvalue weighted by molar-refractivity contribution is 0.0262. The van der Waals surface area contributed by atoms with Crippen LogP contribution in [0.5, 0.6) is 5.75 Å². The van der Waals surface area contributed by atoms with Crippen LogP contribution in [0.15, 0.2) is 53.8 Å². The summed E-state index contributed by atoms with van der Waals surface area (Å²) in [5.41, 5.74) is 2.92. The van der Waals surface area contributed by atoms with Crippen molar-refractivity contribution in [1.29, 1.82) is 0 Å².